The van der Waals surface area contributed by atoms with E-state index in [-0.39, 0.29) is 11.3 Å². The highest BCUT2D eigenvalue weighted by atomic mass is 35.5. The van der Waals surface area contributed by atoms with Gasteiger partial charge >= 0.3 is 0 Å². The SMILES string of the molecule is O=C1CSC(c2ccccc2)N1c1nc2ccc(Cl)cc2s1. The van der Waals surface area contributed by atoms with Gasteiger partial charge < -0.3 is 0 Å². The van der Waals surface area contributed by atoms with E-state index < -0.39 is 0 Å². The molecule has 0 aliphatic carbocycles. The van der Waals surface area contributed by atoms with Crippen molar-refractivity contribution in [1.29, 1.82) is 0 Å². The van der Waals surface area contributed by atoms with Crippen LogP contribution in [0.15, 0.2) is 48.5 Å². The summed E-state index contributed by atoms with van der Waals surface area (Å²) in [5, 5.41) is 1.41. The molecule has 2 aromatic carbocycles. The van der Waals surface area contributed by atoms with Crippen molar-refractivity contribution in [1.82, 2.24) is 4.98 Å². The number of amides is 1. The molecule has 3 aromatic rings. The Labute approximate surface area is 140 Å². The number of thiazole rings is 1. The topological polar surface area (TPSA) is 33.2 Å². The maximum Gasteiger partial charge on any atom is 0.240 e. The highest BCUT2D eigenvalue weighted by Crippen LogP contribution is 2.44. The summed E-state index contributed by atoms with van der Waals surface area (Å²) in [6.45, 7) is 0. The van der Waals surface area contributed by atoms with Gasteiger partial charge in [-0.25, -0.2) is 4.98 Å². The van der Waals surface area contributed by atoms with Crippen LogP contribution in [0.5, 0.6) is 0 Å². The van der Waals surface area contributed by atoms with Crippen LogP contribution in [0.1, 0.15) is 10.9 Å². The molecule has 110 valence electrons. The van der Waals surface area contributed by atoms with Crippen molar-refractivity contribution < 1.29 is 4.79 Å². The molecule has 0 saturated carbocycles. The van der Waals surface area contributed by atoms with Gasteiger partial charge in [-0.15, -0.1) is 11.8 Å². The lowest BCUT2D eigenvalue weighted by molar-refractivity contribution is -0.115. The molecule has 0 spiro atoms. The van der Waals surface area contributed by atoms with Crippen LogP contribution in [0, 0.1) is 0 Å². The molecule has 0 radical (unpaired) electrons. The van der Waals surface area contributed by atoms with E-state index in [2.05, 4.69) is 4.98 Å². The number of rotatable bonds is 2. The van der Waals surface area contributed by atoms with E-state index in [1.165, 1.54) is 11.3 Å². The molecule has 4 rings (SSSR count). The Bertz CT molecular complexity index is 850. The fourth-order valence-corrected chi connectivity index (χ4v) is 4.99. The van der Waals surface area contributed by atoms with Gasteiger partial charge in [-0.3, -0.25) is 9.69 Å². The van der Waals surface area contributed by atoms with Crippen LogP contribution in [0.4, 0.5) is 5.13 Å². The lowest BCUT2D eigenvalue weighted by Crippen LogP contribution is -2.27. The number of halogens is 1. The second-order valence-corrected chi connectivity index (χ2v) is 7.46. The third-order valence-corrected chi connectivity index (χ3v) is 5.96. The fraction of sp³-hybridized carbons (Fsp3) is 0.125. The van der Waals surface area contributed by atoms with Crippen LogP contribution in [-0.4, -0.2) is 16.6 Å². The van der Waals surface area contributed by atoms with Crippen LogP contribution in [0.2, 0.25) is 5.02 Å². The van der Waals surface area contributed by atoms with Gasteiger partial charge in [-0.1, -0.05) is 53.3 Å². The lowest BCUT2D eigenvalue weighted by atomic mass is 10.2. The highest BCUT2D eigenvalue weighted by Gasteiger charge is 2.35. The number of fused-ring (bicyclic) bond motifs is 1. The van der Waals surface area contributed by atoms with Crippen molar-refractivity contribution in [2.45, 2.75) is 5.37 Å². The second-order valence-electron chi connectivity index (χ2n) is 4.95. The Morgan fingerprint density at radius 2 is 2.00 bits per heavy atom. The standard InChI is InChI=1S/C16H11ClN2OS2/c17-11-6-7-12-13(8-11)22-16(18-12)19-14(20)9-21-15(19)10-4-2-1-3-5-10/h1-8,15H,9H2. The molecule has 3 nitrogen and oxygen atoms in total. The summed E-state index contributed by atoms with van der Waals surface area (Å²) in [6, 6.07) is 15.7. The summed E-state index contributed by atoms with van der Waals surface area (Å²) in [6.07, 6.45) is 0. The summed E-state index contributed by atoms with van der Waals surface area (Å²) in [5.41, 5.74) is 2.00. The predicted octanol–water partition coefficient (Wildman–Crippen LogP) is 4.73. The summed E-state index contributed by atoms with van der Waals surface area (Å²) < 4.78 is 0.999. The maximum absolute atomic E-state index is 12.3. The van der Waals surface area contributed by atoms with Gasteiger partial charge in [0.05, 0.1) is 16.0 Å². The fourth-order valence-electron chi connectivity index (χ4n) is 2.48. The number of hydrogen-bond acceptors (Lipinski definition) is 4. The molecule has 1 atom stereocenters. The first-order chi connectivity index (χ1) is 10.7. The van der Waals surface area contributed by atoms with E-state index in [0.29, 0.717) is 10.8 Å². The van der Waals surface area contributed by atoms with Gasteiger partial charge in [0.25, 0.3) is 0 Å². The second kappa shape index (κ2) is 5.57. The van der Waals surface area contributed by atoms with Crippen LogP contribution >= 0.6 is 34.7 Å². The summed E-state index contributed by atoms with van der Waals surface area (Å²) >= 11 is 9.18. The Hall–Kier alpha value is -1.56. The minimum absolute atomic E-state index is 0.00951. The van der Waals surface area contributed by atoms with Crippen LogP contribution < -0.4 is 4.90 Å². The number of carbonyl (C=O) groups is 1. The van der Waals surface area contributed by atoms with Gasteiger partial charge in [-0.05, 0) is 23.8 Å². The maximum atomic E-state index is 12.3. The van der Waals surface area contributed by atoms with Crippen molar-refractivity contribution in [3.05, 3.63) is 59.1 Å². The van der Waals surface area contributed by atoms with Crippen molar-refractivity contribution >= 4 is 56.0 Å². The van der Waals surface area contributed by atoms with Crippen molar-refractivity contribution in [3.63, 3.8) is 0 Å². The molecule has 1 amide bonds. The van der Waals surface area contributed by atoms with Crippen LogP contribution in [-0.2, 0) is 4.79 Å². The predicted molar refractivity (Wildman–Crippen MR) is 93.8 cm³/mol. The molecule has 2 heterocycles. The third kappa shape index (κ3) is 2.39. The minimum atomic E-state index is -0.00951. The Morgan fingerprint density at radius 3 is 2.82 bits per heavy atom. The van der Waals surface area contributed by atoms with Crippen molar-refractivity contribution in [3.8, 4) is 0 Å². The molecule has 1 fully saturated rings. The van der Waals surface area contributed by atoms with Crippen LogP contribution in [0.3, 0.4) is 0 Å². The zero-order chi connectivity index (χ0) is 15.1. The first-order valence-corrected chi connectivity index (χ1v) is 9.01. The molecule has 1 saturated heterocycles. The van der Waals surface area contributed by atoms with E-state index in [9.17, 15) is 4.79 Å². The number of anilines is 1. The molecule has 1 aliphatic rings. The van der Waals surface area contributed by atoms with Gasteiger partial charge in [0.1, 0.15) is 5.37 Å². The first-order valence-electron chi connectivity index (χ1n) is 6.77. The number of benzene rings is 2. The molecule has 1 aliphatic heterocycles. The number of thioether (sulfide) groups is 1. The quantitative estimate of drug-likeness (QED) is 0.672. The zero-order valence-electron chi connectivity index (χ0n) is 11.4. The molecule has 0 N–H and O–H groups in total. The summed E-state index contributed by atoms with van der Waals surface area (Å²) in [4.78, 5) is 18.8. The number of nitrogens with zero attached hydrogens (tertiary/aromatic N) is 2. The average molecular weight is 347 g/mol. The molecule has 0 bridgehead atoms. The smallest absolute Gasteiger partial charge is 0.240 e. The van der Waals surface area contributed by atoms with E-state index in [4.69, 9.17) is 11.6 Å². The van der Waals surface area contributed by atoms with E-state index in [0.717, 1.165) is 20.9 Å². The largest absolute Gasteiger partial charge is 0.273 e. The van der Waals surface area contributed by atoms with Gasteiger partial charge in [0, 0.05) is 5.02 Å². The summed E-state index contributed by atoms with van der Waals surface area (Å²) in [7, 11) is 0. The minimum Gasteiger partial charge on any atom is -0.273 e. The first kappa shape index (κ1) is 14.1. The van der Waals surface area contributed by atoms with Crippen molar-refractivity contribution in [2.75, 3.05) is 10.7 Å². The normalized spacial score (nSPS) is 18.3. The number of aromatic nitrogens is 1. The lowest BCUT2D eigenvalue weighted by Gasteiger charge is -2.21. The average Bonchev–Trinajstić information content (AvgIpc) is 3.10. The molecule has 6 heteroatoms. The van der Waals surface area contributed by atoms with Gasteiger partial charge in [-0.2, -0.15) is 0 Å². The number of hydrogen-bond donors (Lipinski definition) is 0. The molecular formula is C16H11ClN2OS2. The Morgan fingerprint density at radius 1 is 1.18 bits per heavy atom. The zero-order valence-corrected chi connectivity index (χ0v) is 13.8. The molecule has 1 unspecified atom stereocenters. The molecular weight excluding hydrogens is 336 g/mol. The monoisotopic (exact) mass is 346 g/mol. The third-order valence-electron chi connectivity index (χ3n) is 3.50. The van der Waals surface area contributed by atoms with E-state index in [1.807, 2.05) is 48.5 Å². The van der Waals surface area contributed by atoms with Crippen LogP contribution in [0.25, 0.3) is 10.2 Å². The van der Waals surface area contributed by atoms with Crippen molar-refractivity contribution in [2.24, 2.45) is 0 Å². The Balaban J connectivity index is 1.78. The highest BCUT2D eigenvalue weighted by molar-refractivity contribution is 8.00. The van der Waals surface area contributed by atoms with Gasteiger partial charge in [0.2, 0.25) is 5.91 Å². The van der Waals surface area contributed by atoms with E-state index >= 15 is 0 Å². The number of carbonyl (C=O) groups excluding carboxylic acids is 1. The molecule has 22 heavy (non-hydrogen) atoms. The molecule has 1 aromatic heterocycles. The Kier molecular flexibility index (Phi) is 3.56. The van der Waals surface area contributed by atoms with Gasteiger partial charge in [0.15, 0.2) is 5.13 Å². The summed E-state index contributed by atoms with van der Waals surface area (Å²) in [5.74, 6) is 0.583. The van der Waals surface area contributed by atoms with E-state index in [1.54, 1.807) is 16.7 Å².